The van der Waals surface area contributed by atoms with Crippen molar-refractivity contribution in [3.05, 3.63) is 35.9 Å². The summed E-state index contributed by atoms with van der Waals surface area (Å²) in [5.41, 5.74) is 1.59. The third-order valence-electron chi connectivity index (χ3n) is 1.84. The van der Waals surface area contributed by atoms with Gasteiger partial charge in [0.2, 0.25) is 5.91 Å². The number of rotatable bonds is 3. The molecule has 1 amide bonds. The van der Waals surface area contributed by atoms with Crippen LogP contribution >= 0.6 is 0 Å². The van der Waals surface area contributed by atoms with Gasteiger partial charge in [-0.25, -0.2) is 4.79 Å². The van der Waals surface area contributed by atoms with E-state index in [2.05, 4.69) is 10.1 Å². The van der Waals surface area contributed by atoms with Crippen LogP contribution in [-0.4, -0.2) is 19.0 Å². The largest absolute Gasteiger partial charge is 0.466 e. The number of ether oxygens (including phenoxy) is 1. The minimum absolute atomic E-state index is 0.113. The summed E-state index contributed by atoms with van der Waals surface area (Å²) in [7, 11) is 1.33. The first-order valence-corrected chi connectivity index (χ1v) is 4.75. The number of carbonyl (C=O) groups excluding carboxylic acids is 2. The molecule has 1 aromatic carbocycles. The van der Waals surface area contributed by atoms with Gasteiger partial charge in [-0.15, -0.1) is 0 Å². The Kier molecular flexibility index (Phi) is 4.27. The molecule has 16 heavy (non-hydrogen) atoms. The van der Waals surface area contributed by atoms with Gasteiger partial charge in [0.05, 0.1) is 7.11 Å². The van der Waals surface area contributed by atoms with Crippen molar-refractivity contribution >= 4 is 23.6 Å². The van der Waals surface area contributed by atoms with Crippen LogP contribution in [0.15, 0.2) is 30.3 Å². The van der Waals surface area contributed by atoms with Crippen LogP contribution in [-0.2, 0) is 14.3 Å². The summed E-state index contributed by atoms with van der Waals surface area (Å²) >= 11 is 0. The molecule has 0 aromatic heterocycles. The molecular formula is C12H13NO3. The molecule has 0 aliphatic rings. The van der Waals surface area contributed by atoms with Crippen LogP contribution in [0.2, 0.25) is 0 Å². The number of nitrogens with one attached hydrogen (secondary N) is 1. The quantitative estimate of drug-likeness (QED) is 0.623. The van der Waals surface area contributed by atoms with Crippen molar-refractivity contribution in [2.24, 2.45) is 0 Å². The number of hydrogen-bond donors (Lipinski definition) is 1. The standard InChI is InChI=1S/C12H13NO3/c1-9(14)13-11-6-3-10(4-7-11)5-8-12(15)16-2/h3-8H,1-2H3,(H,13,14). The molecule has 1 aromatic rings. The summed E-state index contributed by atoms with van der Waals surface area (Å²) in [6, 6.07) is 7.12. The van der Waals surface area contributed by atoms with E-state index in [0.29, 0.717) is 0 Å². The van der Waals surface area contributed by atoms with Crippen LogP contribution in [0.25, 0.3) is 6.08 Å². The van der Waals surface area contributed by atoms with Gasteiger partial charge in [0, 0.05) is 18.7 Å². The summed E-state index contributed by atoms with van der Waals surface area (Å²) in [5.74, 6) is -0.510. The highest BCUT2D eigenvalue weighted by Gasteiger charge is 1.95. The van der Waals surface area contributed by atoms with Crippen LogP contribution in [0.1, 0.15) is 12.5 Å². The van der Waals surface area contributed by atoms with E-state index in [4.69, 9.17) is 0 Å². The van der Waals surface area contributed by atoms with Gasteiger partial charge in [-0.05, 0) is 23.8 Å². The Balaban J connectivity index is 2.68. The molecule has 0 heterocycles. The Morgan fingerprint density at radius 3 is 2.38 bits per heavy atom. The van der Waals surface area contributed by atoms with Gasteiger partial charge in [-0.2, -0.15) is 0 Å². The Morgan fingerprint density at radius 2 is 1.88 bits per heavy atom. The minimum atomic E-state index is -0.397. The fraction of sp³-hybridized carbons (Fsp3) is 0.167. The molecule has 0 aliphatic carbocycles. The maximum atomic E-state index is 10.8. The van der Waals surface area contributed by atoms with Gasteiger partial charge in [0.1, 0.15) is 0 Å². The first-order valence-electron chi connectivity index (χ1n) is 4.75. The number of amides is 1. The van der Waals surface area contributed by atoms with E-state index in [9.17, 15) is 9.59 Å². The van der Waals surface area contributed by atoms with E-state index in [1.807, 2.05) is 0 Å². The fourth-order valence-electron chi connectivity index (χ4n) is 1.11. The summed E-state index contributed by atoms with van der Waals surface area (Å²) in [6.45, 7) is 1.45. The topological polar surface area (TPSA) is 55.4 Å². The zero-order valence-electron chi connectivity index (χ0n) is 9.19. The van der Waals surface area contributed by atoms with Gasteiger partial charge in [-0.1, -0.05) is 12.1 Å². The smallest absolute Gasteiger partial charge is 0.330 e. The zero-order chi connectivity index (χ0) is 12.0. The number of carbonyl (C=O) groups is 2. The summed E-state index contributed by atoms with van der Waals surface area (Å²) in [4.78, 5) is 21.6. The lowest BCUT2D eigenvalue weighted by Crippen LogP contribution is -2.05. The lowest BCUT2D eigenvalue weighted by Gasteiger charge is -2.01. The van der Waals surface area contributed by atoms with Crippen LogP contribution in [0.4, 0.5) is 5.69 Å². The second-order valence-corrected chi connectivity index (χ2v) is 3.16. The zero-order valence-corrected chi connectivity index (χ0v) is 9.19. The molecule has 4 nitrogen and oxygen atoms in total. The molecule has 0 saturated carbocycles. The van der Waals surface area contributed by atoms with E-state index in [1.54, 1.807) is 30.3 Å². The minimum Gasteiger partial charge on any atom is -0.466 e. The molecule has 84 valence electrons. The molecule has 0 radical (unpaired) electrons. The average molecular weight is 219 g/mol. The molecule has 1 rings (SSSR count). The molecule has 0 unspecified atom stereocenters. The number of hydrogen-bond acceptors (Lipinski definition) is 3. The molecular weight excluding hydrogens is 206 g/mol. The maximum Gasteiger partial charge on any atom is 0.330 e. The van der Waals surface area contributed by atoms with Crippen LogP contribution in [0.5, 0.6) is 0 Å². The summed E-state index contributed by atoms with van der Waals surface area (Å²) in [5, 5.41) is 2.65. The van der Waals surface area contributed by atoms with E-state index < -0.39 is 5.97 Å². The third-order valence-corrected chi connectivity index (χ3v) is 1.84. The lowest BCUT2D eigenvalue weighted by molar-refractivity contribution is -0.134. The first-order chi connectivity index (χ1) is 7.61. The highest BCUT2D eigenvalue weighted by Crippen LogP contribution is 2.10. The number of benzene rings is 1. The monoisotopic (exact) mass is 219 g/mol. The Morgan fingerprint density at radius 1 is 1.25 bits per heavy atom. The van der Waals surface area contributed by atoms with Gasteiger partial charge in [0.25, 0.3) is 0 Å². The van der Waals surface area contributed by atoms with Crippen molar-refractivity contribution in [3.8, 4) is 0 Å². The number of esters is 1. The molecule has 4 heteroatoms. The van der Waals surface area contributed by atoms with E-state index in [0.717, 1.165) is 11.3 Å². The molecule has 0 spiro atoms. The highest BCUT2D eigenvalue weighted by atomic mass is 16.5. The molecule has 0 atom stereocenters. The molecule has 0 saturated heterocycles. The van der Waals surface area contributed by atoms with Gasteiger partial charge >= 0.3 is 5.97 Å². The van der Waals surface area contributed by atoms with E-state index >= 15 is 0 Å². The summed E-state index contributed by atoms with van der Waals surface area (Å²) in [6.07, 6.45) is 2.98. The van der Waals surface area contributed by atoms with Crippen LogP contribution in [0.3, 0.4) is 0 Å². The second-order valence-electron chi connectivity index (χ2n) is 3.16. The highest BCUT2D eigenvalue weighted by molar-refractivity contribution is 5.89. The van der Waals surface area contributed by atoms with Crippen LogP contribution in [0, 0.1) is 0 Å². The van der Waals surface area contributed by atoms with Crippen LogP contribution < -0.4 is 5.32 Å². The second kappa shape index (κ2) is 5.70. The van der Waals surface area contributed by atoms with Crippen molar-refractivity contribution in [1.82, 2.24) is 0 Å². The van der Waals surface area contributed by atoms with Gasteiger partial charge < -0.3 is 10.1 Å². The Hall–Kier alpha value is -2.10. The molecule has 0 bridgehead atoms. The van der Waals surface area contributed by atoms with Gasteiger partial charge in [-0.3, -0.25) is 4.79 Å². The van der Waals surface area contributed by atoms with Crippen molar-refractivity contribution in [2.75, 3.05) is 12.4 Å². The van der Waals surface area contributed by atoms with E-state index in [-0.39, 0.29) is 5.91 Å². The molecule has 0 fully saturated rings. The Labute approximate surface area is 93.9 Å². The first kappa shape index (κ1) is 12.0. The predicted octanol–water partition coefficient (Wildman–Crippen LogP) is 1.83. The molecule has 1 N–H and O–H groups in total. The average Bonchev–Trinajstić information content (AvgIpc) is 2.27. The maximum absolute atomic E-state index is 10.8. The normalized spacial score (nSPS) is 10.1. The predicted molar refractivity (Wildman–Crippen MR) is 61.8 cm³/mol. The fourth-order valence-corrected chi connectivity index (χ4v) is 1.11. The van der Waals surface area contributed by atoms with Gasteiger partial charge in [0.15, 0.2) is 0 Å². The third kappa shape index (κ3) is 3.96. The lowest BCUT2D eigenvalue weighted by atomic mass is 10.2. The number of anilines is 1. The number of methoxy groups -OCH3 is 1. The van der Waals surface area contributed by atoms with Crippen molar-refractivity contribution < 1.29 is 14.3 Å². The van der Waals surface area contributed by atoms with Crippen molar-refractivity contribution in [3.63, 3.8) is 0 Å². The van der Waals surface area contributed by atoms with E-state index in [1.165, 1.54) is 20.1 Å². The SMILES string of the molecule is COC(=O)C=Cc1ccc(NC(C)=O)cc1. The summed E-state index contributed by atoms with van der Waals surface area (Å²) < 4.78 is 4.47. The Bertz CT molecular complexity index is 407. The molecule has 0 aliphatic heterocycles. The van der Waals surface area contributed by atoms with Crippen molar-refractivity contribution in [1.29, 1.82) is 0 Å². The van der Waals surface area contributed by atoms with Crippen molar-refractivity contribution in [2.45, 2.75) is 6.92 Å².